The molecule has 1 aliphatic heterocycles. The lowest BCUT2D eigenvalue weighted by atomic mass is 10.1. The largest absolute Gasteiger partial charge is 0.454 e. The van der Waals surface area contributed by atoms with Crippen molar-refractivity contribution < 1.29 is 14.4 Å². The molecule has 0 saturated carbocycles. The third-order valence-corrected chi connectivity index (χ3v) is 3.64. The van der Waals surface area contributed by atoms with Crippen LogP contribution in [-0.2, 0) is 6.42 Å². The predicted octanol–water partition coefficient (Wildman–Crippen LogP) is 3.63. The van der Waals surface area contributed by atoms with Crippen LogP contribution in [0.4, 0.5) is 11.4 Å². The maximum absolute atomic E-state index is 10.7. The summed E-state index contributed by atoms with van der Waals surface area (Å²) in [6.07, 6.45) is 0.768. The van der Waals surface area contributed by atoms with E-state index in [0.29, 0.717) is 17.3 Å². The maximum atomic E-state index is 10.7. The SMILES string of the molecule is O=[N+]([O-])c1ccc(NCCc2ccc3c(c2)OCO3)c(Cl)c1. The monoisotopic (exact) mass is 320 g/mol. The number of halogens is 1. The number of anilines is 1. The molecule has 22 heavy (non-hydrogen) atoms. The molecule has 1 heterocycles. The molecule has 0 aromatic heterocycles. The summed E-state index contributed by atoms with van der Waals surface area (Å²) in [7, 11) is 0. The van der Waals surface area contributed by atoms with Crippen molar-refractivity contribution in [1.29, 1.82) is 0 Å². The van der Waals surface area contributed by atoms with Gasteiger partial charge in [0.05, 0.1) is 15.6 Å². The average Bonchev–Trinajstić information content (AvgIpc) is 2.96. The number of benzene rings is 2. The number of ether oxygens (including phenoxy) is 2. The molecule has 0 bridgehead atoms. The summed E-state index contributed by atoms with van der Waals surface area (Å²) < 4.78 is 10.6. The highest BCUT2D eigenvalue weighted by molar-refractivity contribution is 6.33. The topological polar surface area (TPSA) is 73.6 Å². The number of nitro groups is 1. The molecule has 0 saturated heterocycles. The Balaban J connectivity index is 1.60. The molecule has 3 rings (SSSR count). The molecule has 0 amide bonds. The fourth-order valence-corrected chi connectivity index (χ4v) is 2.44. The number of rotatable bonds is 5. The highest BCUT2D eigenvalue weighted by Gasteiger charge is 2.13. The van der Waals surface area contributed by atoms with Crippen LogP contribution in [-0.4, -0.2) is 18.3 Å². The van der Waals surface area contributed by atoms with Crippen molar-refractivity contribution >= 4 is 23.0 Å². The van der Waals surface area contributed by atoms with E-state index in [1.165, 1.54) is 12.1 Å². The second-order valence-electron chi connectivity index (χ2n) is 4.79. The second-order valence-corrected chi connectivity index (χ2v) is 5.19. The van der Waals surface area contributed by atoms with E-state index < -0.39 is 4.92 Å². The summed E-state index contributed by atoms with van der Waals surface area (Å²) in [5.41, 5.74) is 1.76. The molecule has 114 valence electrons. The third-order valence-electron chi connectivity index (χ3n) is 3.33. The quantitative estimate of drug-likeness (QED) is 0.672. The van der Waals surface area contributed by atoms with Gasteiger partial charge in [-0.2, -0.15) is 0 Å². The van der Waals surface area contributed by atoms with E-state index in [0.717, 1.165) is 23.5 Å². The summed E-state index contributed by atoms with van der Waals surface area (Å²) in [4.78, 5) is 10.2. The van der Waals surface area contributed by atoms with Crippen LogP contribution in [0.15, 0.2) is 36.4 Å². The molecule has 0 radical (unpaired) electrons. The number of nitrogens with one attached hydrogen (secondary N) is 1. The number of hydrogen-bond acceptors (Lipinski definition) is 5. The number of nitro benzene ring substituents is 1. The molecule has 2 aromatic carbocycles. The van der Waals surface area contributed by atoms with E-state index in [9.17, 15) is 10.1 Å². The summed E-state index contributed by atoms with van der Waals surface area (Å²) in [6, 6.07) is 10.2. The van der Waals surface area contributed by atoms with Crippen LogP contribution in [0.25, 0.3) is 0 Å². The Kier molecular flexibility index (Phi) is 4.02. The first-order valence-electron chi connectivity index (χ1n) is 6.70. The zero-order valence-electron chi connectivity index (χ0n) is 11.5. The lowest BCUT2D eigenvalue weighted by Crippen LogP contribution is -2.05. The molecule has 2 aromatic rings. The Morgan fingerprint density at radius 3 is 2.77 bits per heavy atom. The molecule has 7 heteroatoms. The minimum Gasteiger partial charge on any atom is -0.454 e. The van der Waals surface area contributed by atoms with Gasteiger partial charge in [-0.15, -0.1) is 0 Å². The standard InChI is InChI=1S/C15H13ClN2O4/c16-12-8-11(18(19)20)2-3-13(12)17-6-5-10-1-4-14-15(7-10)22-9-21-14/h1-4,7-8,17H,5-6,9H2. The highest BCUT2D eigenvalue weighted by Crippen LogP contribution is 2.32. The number of nitrogens with zero attached hydrogens (tertiary/aromatic N) is 1. The van der Waals surface area contributed by atoms with Gasteiger partial charge in [0.1, 0.15) is 0 Å². The minimum atomic E-state index is -0.470. The summed E-state index contributed by atoms with van der Waals surface area (Å²) in [6.45, 7) is 0.909. The smallest absolute Gasteiger partial charge is 0.271 e. The van der Waals surface area contributed by atoms with Crippen LogP contribution in [0.2, 0.25) is 5.02 Å². The fourth-order valence-electron chi connectivity index (χ4n) is 2.20. The first kappa shape index (κ1) is 14.5. The van der Waals surface area contributed by atoms with E-state index in [1.807, 2.05) is 18.2 Å². The normalized spacial score (nSPS) is 12.2. The van der Waals surface area contributed by atoms with Crippen molar-refractivity contribution in [2.24, 2.45) is 0 Å². The Morgan fingerprint density at radius 2 is 2.00 bits per heavy atom. The van der Waals surface area contributed by atoms with Crippen LogP contribution in [0.5, 0.6) is 11.5 Å². The first-order chi connectivity index (χ1) is 10.6. The molecule has 0 spiro atoms. The number of hydrogen-bond donors (Lipinski definition) is 1. The van der Waals surface area contributed by atoms with Crippen LogP contribution < -0.4 is 14.8 Å². The minimum absolute atomic E-state index is 0.0219. The van der Waals surface area contributed by atoms with E-state index in [1.54, 1.807) is 6.07 Å². The van der Waals surface area contributed by atoms with E-state index >= 15 is 0 Å². The molecule has 1 aliphatic rings. The third kappa shape index (κ3) is 3.07. The Morgan fingerprint density at radius 1 is 1.18 bits per heavy atom. The summed E-state index contributed by atoms with van der Waals surface area (Å²) in [5.74, 6) is 1.51. The molecule has 6 nitrogen and oxygen atoms in total. The maximum Gasteiger partial charge on any atom is 0.271 e. The zero-order chi connectivity index (χ0) is 15.5. The van der Waals surface area contributed by atoms with Gasteiger partial charge in [0.15, 0.2) is 11.5 Å². The van der Waals surface area contributed by atoms with Gasteiger partial charge in [-0.25, -0.2) is 0 Å². The Bertz CT molecular complexity index is 721. The van der Waals surface area contributed by atoms with Gasteiger partial charge in [0.25, 0.3) is 5.69 Å². The van der Waals surface area contributed by atoms with Gasteiger partial charge in [-0.05, 0) is 30.2 Å². The van der Waals surface area contributed by atoms with Crippen molar-refractivity contribution in [3.05, 3.63) is 57.1 Å². The van der Waals surface area contributed by atoms with Crippen molar-refractivity contribution in [2.45, 2.75) is 6.42 Å². The summed E-state index contributed by atoms with van der Waals surface area (Å²) >= 11 is 6.03. The molecular weight excluding hydrogens is 308 g/mol. The van der Waals surface area contributed by atoms with Crippen molar-refractivity contribution in [2.75, 3.05) is 18.7 Å². The van der Waals surface area contributed by atoms with Crippen LogP contribution in [0, 0.1) is 10.1 Å². The molecule has 1 N–H and O–H groups in total. The van der Waals surface area contributed by atoms with Crippen molar-refractivity contribution in [3.63, 3.8) is 0 Å². The lowest BCUT2D eigenvalue weighted by molar-refractivity contribution is -0.384. The van der Waals surface area contributed by atoms with Crippen molar-refractivity contribution in [3.8, 4) is 11.5 Å². The van der Waals surface area contributed by atoms with Crippen LogP contribution >= 0.6 is 11.6 Å². The van der Waals surface area contributed by atoms with Gasteiger partial charge in [-0.3, -0.25) is 10.1 Å². The van der Waals surface area contributed by atoms with E-state index in [4.69, 9.17) is 21.1 Å². The van der Waals surface area contributed by atoms with Gasteiger partial charge in [0, 0.05) is 18.7 Å². The van der Waals surface area contributed by atoms with E-state index in [2.05, 4.69) is 5.32 Å². The predicted molar refractivity (Wildman–Crippen MR) is 82.9 cm³/mol. The number of fused-ring (bicyclic) bond motifs is 1. The molecular formula is C15H13ClN2O4. The summed E-state index contributed by atoms with van der Waals surface area (Å²) in [5, 5.41) is 14.2. The number of non-ortho nitro benzene ring substituents is 1. The molecule has 0 fully saturated rings. The zero-order valence-corrected chi connectivity index (χ0v) is 12.3. The molecule has 0 aliphatic carbocycles. The Labute approximate surface area is 131 Å². The van der Waals surface area contributed by atoms with Gasteiger partial charge in [0.2, 0.25) is 6.79 Å². The first-order valence-corrected chi connectivity index (χ1v) is 7.07. The van der Waals surface area contributed by atoms with E-state index in [-0.39, 0.29) is 12.5 Å². The fraction of sp³-hybridized carbons (Fsp3) is 0.200. The Hall–Kier alpha value is -2.47. The second kappa shape index (κ2) is 6.11. The van der Waals surface area contributed by atoms with Crippen LogP contribution in [0.1, 0.15) is 5.56 Å². The molecule has 0 atom stereocenters. The highest BCUT2D eigenvalue weighted by atomic mass is 35.5. The molecule has 0 unspecified atom stereocenters. The van der Waals surface area contributed by atoms with Crippen molar-refractivity contribution in [1.82, 2.24) is 0 Å². The van der Waals surface area contributed by atoms with Gasteiger partial charge < -0.3 is 14.8 Å². The lowest BCUT2D eigenvalue weighted by Gasteiger charge is -2.08. The average molecular weight is 321 g/mol. The van der Waals surface area contributed by atoms with Crippen LogP contribution in [0.3, 0.4) is 0 Å². The van der Waals surface area contributed by atoms with Gasteiger partial charge in [-0.1, -0.05) is 17.7 Å². The van der Waals surface area contributed by atoms with Gasteiger partial charge >= 0.3 is 0 Å².